The Kier molecular flexibility index (Phi) is 2.73. The smallest absolute Gasteiger partial charge is 0.223 e. The van der Waals surface area contributed by atoms with Crippen molar-refractivity contribution in [3.05, 3.63) is 0 Å². The van der Waals surface area contributed by atoms with E-state index in [1.54, 1.807) is 0 Å². The molecule has 1 heterocycles. The molecule has 0 spiro atoms. The van der Waals surface area contributed by atoms with E-state index in [9.17, 15) is 4.79 Å². The molecular formula is C9H17NO2. The van der Waals surface area contributed by atoms with E-state index < -0.39 is 0 Å². The van der Waals surface area contributed by atoms with Gasteiger partial charge in [0.25, 0.3) is 0 Å². The first kappa shape index (κ1) is 9.52. The summed E-state index contributed by atoms with van der Waals surface area (Å²) < 4.78 is 0. The molecule has 3 heteroatoms. The molecule has 70 valence electrons. The van der Waals surface area contributed by atoms with Crippen LogP contribution in [0.15, 0.2) is 0 Å². The molecule has 0 bridgehead atoms. The summed E-state index contributed by atoms with van der Waals surface area (Å²) in [6.07, 6.45) is 2.44. The maximum Gasteiger partial charge on any atom is 0.223 e. The van der Waals surface area contributed by atoms with Crippen molar-refractivity contribution in [2.24, 2.45) is 5.92 Å². The lowest BCUT2D eigenvalue weighted by molar-refractivity contribution is -0.123. The van der Waals surface area contributed by atoms with E-state index in [0.29, 0.717) is 0 Å². The van der Waals surface area contributed by atoms with Gasteiger partial charge < -0.3 is 10.4 Å². The minimum atomic E-state index is -0.0444. The van der Waals surface area contributed by atoms with Crippen LogP contribution in [0.1, 0.15) is 33.1 Å². The van der Waals surface area contributed by atoms with Gasteiger partial charge >= 0.3 is 0 Å². The van der Waals surface area contributed by atoms with Gasteiger partial charge in [-0.25, -0.2) is 0 Å². The number of hydrogen-bond acceptors (Lipinski definition) is 2. The molecule has 12 heavy (non-hydrogen) atoms. The van der Waals surface area contributed by atoms with Crippen molar-refractivity contribution >= 4 is 5.91 Å². The number of carbonyl (C=O) groups is 1. The van der Waals surface area contributed by atoms with E-state index in [-0.39, 0.29) is 24.0 Å². The summed E-state index contributed by atoms with van der Waals surface area (Å²) in [6, 6.07) is 0. The van der Waals surface area contributed by atoms with Crippen molar-refractivity contribution in [3.8, 4) is 0 Å². The molecule has 1 rings (SSSR count). The summed E-state index contributed by atoms with van der Waals surface area (Å²) in [6.45, 7) is 4.25. The molecule has 1 saturated heterocycles. The Morgan fingerprint density at radius 3 is 2.75 bits per heavy atom. The van der Waals surface area contributed by atoms with Crippen LogP contribution in [0.3, 0.4) is 0 Å². The lowest BCUT2D eigenvalue weighted by atomic mass is 9.93. The van der Waals surface area contributed by atoms with Gasteiger partial charge in [-0.15, -0.1) is 0 Å². The monoisotopic (exact) mass is 171 g/mol. The van der Waals surface area contributed by atoms with Crippen LogP contribution in [0.25, 0.3) is 0 Å². The topological polar surface area (TPSA) is 49.3 Å². The van der Waals surface area contributed by atoms with Gasteiger partial charge in [-0.1, -0.05) is 0 Å². The highest BCUT2D eigenvalue weighted by Gasteiger charge is 2.36. The molecule has 3 nitrogen and oxygen atoms in total. The highest BCUT2D eigenvalue weighted by atomic mass is 16.3. The number of aliphatic hydroxyl groups is 1. The van der Waals surface area contributed by atoms with Gasteiger partial charge in [0.1, 0.15) is 0 Å². The van der Waals surface area contributed by atoms with Crippen molar-refractivity contribution in [2.45, 2.75) is 38.6 Å². The standard InChI is InChI=1S/C9H17NO2/c1-9(2)6-7(4-3-5-11)8(12)10-9/h7,11H,3-6H2,1-2H3,(H,10,12)/t7-/m1/s1. The Labute approximate surface area is 73.2 Å². The Bertz CT molecular complexity index is 177. The van der Waals surface area contributed by atoms with Gasteiger partial charge in [0.2, 0.25) is 5.91 Å². The minimum absolute atomic E-state index is 0.0444. The molecule has 1 amide bonds. The number of hydrogen-bond donors (Lipinski definition) is 2. The third kappa shape index (κ3) is 2.21. The second kappa shape index (κ2) is 3.44. The zero-order valence-corrected chi connectivity index (χ0v) is 7.76. The maximum atomic E-state index is 11.3. The van der Waals surface area contributed by atoms with Crippen molar-refractivity contribution in [3.63, 3.8) is 0 Å². The molecule has 0 aromatic rings. The van der Waals surface area contributed by atoms with Crippen molar-refractivity contribution in [2.75, 3.05) is 6.61 Å². The van der Waals surface area contributed by atoms with Gasteiger partial charge in [-0.2, -0.15) is 0 Å². The quantitative estimate of drug-likeness (QED) is 0.656. The normalized spacial score (nSPS) is 27.2. The molecule has 0 aromatic carbocycles. The first-order valence-corrected chi connectivity index (χ1v) is 4.48. The SMILES string of the molecule is CC1(C)C[C@@H](CCCO)C(=O)N1. The molecule has 0 radical (unpaired) electrons. The molecule has 0 aromatic heterocycles. The van der Waals surface area contributed by atoms with Crippen molar-refractivity contribution < 1.29 is 9.90 Å². The fourth-order valence-electron chi connectivity index (χ4n) is 1.77. The number of amides is 1. The molecule has 2 N–H and O–H groups in total. The number of nitrogens with one attached hydrogen (secondary N) is 1. The summed E-state index contributed by atoms with van der Waals surface area (Å²) in [5.41, 5.74) is -0.0444. The Morgan fingerprint density at radius 2 is 2.33 bits per heavy atom. The fourth-order valence-corrected chi connectivity index (χ4v) is 1.77. The van der Waals surface area contributed by atoms with Crippen LogP contribution < -0.4 is 5.32 Å². The second-order valence-corrected chi connectivity index (χ2v) is 4.14. The third-order valence-corrected chi connectivity index (χ3v) is 2.30. The van der Waals surface area contributed by atoms with Crippen molar-refractivity contribution in [1.82, 2.24) is 5.32 Å². The van der Waals surface area contributed by atoms with E-state index in [0.717, 1.165) is 19.3 Å². The van der Waals surface area contributed by atoms with Gasteiger partial charge in [0.05, 0.1) is 0 Å². The average molecular weight is 171 g/mol. The first-order valence-electron chi connectivity index (χ1n) is 4.48. The van der Waals surface area contributed by atoms with Gasteiger partial charge in [0.15, 0.2) is 0 Å². The highest BCUT2D eigenvalue weighted by molar-refractivity contribution is 5.81. The molecular weight excluding hydrogens is 154 g/mol. The van der Waals surface area contributed by atoms with E-state index in [4.69, 9.17) is 5.11 Å². The number of carbonyl (C=O) groups excluding carboxylic acids is 1. The van der Waals surface area contributed by atoms with E-state index in [2.05, 4.69) is 5.32 Å². The molecule has 0 saturated carbocycles. The maximum absolute atomic E-state index is 11.3. The number of rotatable bonds is 3. The van der Waals surface area contributed by atoms with E-state index in [1.165, 1.54) is 0 Å². The van der Waals surface area contributed by atoms with Crippen LogP contribution in [0.4, 0.5) is 0 Å². The van der Waals surface area contributed by atoms with E-state index in [1.807, 2.05) is 13.8 Å². The Morgan fingerprint density at radius 1 is 1.67 bits per heavy atom. The van der Waals surface area contributed by atoms with Crippen LogP contribution in [0.2, 0.25) is 0 Å². The summed E-state index contributed by atoms with van der Waals surface area (Å²) in [4.78, 5) is 11.3. The second-order valence-electron chi connectivity index (χ2n) is 4.14. The first-order chi connectivity index (χ1) is 5.55. The van der Waals surface area contributed by atoms with Crippen LogP contribution in [0, 0.1) is 5.92 Å². The van der Waals surface area contributed by atoms with Gasteiger partial charge in [0, 0.05) is 18.1 Å². The third-order valence-electron chi connectivity index (χ3n) is 2.30. The summed E-state index contributed by atoms with van der Waals surface area (Å²) >= 11 is 0. The van der Waals surface area contributed by atoms with Crippen LogP contribution in [-0.2, 0) is 4.79 Å². The summed E-state index contributed by atoms with van der Waals surface area (Å²) in [7, 11) is 0. The van der Waals surface area contributed by atoms with Crippen LogP contribution in [0.5, 0.6) is 0 Å². The summed E-state index contributed by atoms with van der Waals surface area (Å²) in [5, 5.41) is 11.5. The molecule has 0 aliphatic carbocycles. The number of aliphatic hydroxyl groups excluding tert-OH is 1. The lowest BCUT2D eigenvalue weighted by Gasteiger charge is -2.16. The molecule has 1 aliphatic heterocycles. The predicted octanol–water partition coefficient (Wildman–Crippen LogP) is 0.674. The zero-order valence-electron chi connectivity index (χ0n) is 7.76. The molecule has 1 atom stereocenters. The predicted molar refractivity (Wildman–Crippen MR) is 46.6 cm³/mol. The minimum Gasteiger partial charge on any atom is -0.396 e. The van der Waals surface area contributed by atoms with E-state index >= 15 is 0 Å². The lowest BCUT2D eigenvalue weighted by Crippen LogP contribution is -2.34. The molecule has 1 fully saturated rings. The van der Waals surface area contributed by atoms with Gasteiger partial charge in [-0.05, 0) is 33.1 Å². The zero-order chi connectivity index (χ0) is 9.19. The Balaban J connectivity index is 2.42. The van der Waals surface area contributed by atoms with Gasteiger partial charge in [-0.3, -0.25) is 4.79 Å². The average Bonchev–Trinajstić information content (AvgIpc) is 2.20. The largest absolute Gasteiger partial charge is 0.396 e. The molecule has 0 unspecified atom stereocenters. The van der Waals surface area contributed by atoms with Crippen LogP contribution >= 0.6 is 0 Å². The Hall–Kier alpha value is -0.570. The molecule has 1 aliphatic rings. The van der Waals surface area contributed by atoms with Crippen molar-refractivity contribution in [1.29, 1.82) is 0 Å². The highest BCUT2D eigenvalue weighted by Crippen LogP contribution is 2.27. The fraction of sp³-hybridized carbons (Fsp3) is 0.889. The van der Waals surface area contributed by atoms with Crippen LogP contribution in [-0.4, -0.2) is 23.2 Å². The summed E-state index contributed by atoms with van der Waals surface area (Å²) in [5.74, 6) is 0.264.